The molecule has 1 aromatic heterocycles. The molecule has 2 N–H and O–H groups in total. The average Bonchev–Trinajstić information content (AvgIpc) is 2.40. The highest BCUT2D eigenvalue weighted by Crippen LogP contribution is 2.30. The molecule has 1 aromatic rings. The average molecular weight is 265 g/mol. The Morgan fingerprint density at radius 3 is 2.50 bits per heavy atom. The van der Waals surface area contributed by atoms with Crippen LogP contribution in [0, 0.1) is 5.41 Å². The summed E-state index contributed by atoms with van der Waals surface area (Å²) in [5, 5.41) is 0. The Morgan fingerprint density at radius 2 is 2.11 bits per heavy atom. The van der Waals surface area contributed by atoms with Crippen LogP contribution in [0.4, 0.5) is 5.69 Å². The maximum atomic E-state index is 12.6. The van der Waals surface area contributed by atoms with Gasteiger partial charge in [-0.15, -0.1) is 0 Å². The second-order valence-electron chi connectivity index (χ2n) is 4.23. The van der Waals surface area contributed by atoms with Gasteiger partial charge in [0.2, 0.25) is 5.91 Å². The molecule has 0 saturated heterocycles. The van der Waals surface area contributed by atoms with Crippen LogP contribution in [-0.4, -0.2) is 22.9 Å². The summed E-state index contributed by atoms with van der Waals surface area (Å²) in [4.78, 5) is 18.4. The summed E-state index contributed by atoms with van der Waals surface area (Å²) in [5.41, 5.74) is 5.75. The van der Waals surface area contributed by atoms with Crippen LogP contribution in [0.15, 0.2) is 24.5 Å². The topological polar surface area (TPSA) is 59.2 Å². The molecule has 0 aliphatic carbocycles. The Hall–Kier alpha value is -1.49. The summed E-state index contributed by atoms with van der Waals surface area (Å²) in [6.45, 7) is 3.86. The van der Waals surface area contributed by atoms with E-state index in [1.807, 2.05) is 19.9 Å². The molecule has 0 saturated carbocycles. The first-order chi connectivity index (χ1) is 8.49. The third kappa shape index (κ3) is 2.51. The molecule has 1 heterocycles. The molecule has 98 valence electrons. The minimum absolute atomic E-state index is 0.0759. The van der Waals surface area contributed by atoms with Gasteiger partial charge in [0.15, 0.2) is 0 Å². The van der Waals surface area contributed by atoms with Gasteiger partial charge in [-0.3, -0.25) is 9.78 Å². The van der Waals surface area contributed by atoms with Crippen molar-refractivity contribution < 1.29 is 4.79 Å². The summed E-state index contributed by atoms with van der Waals surface area (Å²) in [7, 11) is 1.72. The molecule has 0 atom stereocenters. The van der Waals surface area contributed by atoms with Gasteiger partial charge in [-0.1, -0.05) is 26.1 Å². The second-order valence-corrected chi connectivity index (χ2v) is 4.67. The third-order valence-electron chi connectivity index (χ3n) is 3.43. The van der Waals surface area contributed by atoms with E-state index in [1.165, 1.54) is 0 Å². The number of carbonyl (C=O) groups is 1. The summed E-state index contributed by atoms with van der Waals surface area (Å²) in [5.74, 6) is -0.0759. The highest BCUT2D eigenvalue weighted by Gasteiger charge is 2.40. The van der Waals surface area contributed by atoms with Crippen molar-refractivity contribution in [1.29, 1.82) is 0 Å². The van der Waals surface area contributed by atoms with Crippen molar-refractivity contribution in [3.8, 4) is 0 Å². The zero-order chi connectivity index (χ0) is 13.8. The molecule has 0 aliphatic rings. The lowest BCUT2D eigenvalue weighted by Crippen LogP contribution is -2.49. The molecule has 1 rings (SSSR count). The van der Waals surface area contributed by atoms with Gasteiger partial charge in [-0.05, 0) is 25.0 Å². The Bertz CT molecular complexity index is 429. The Kier molecular flexibility index (Phi) is 4.78. The molecular weight excluding hydrogens is 246 g/mol. The molecule has 0 bridgehead atoms. The summed E-state index contributed by atoms with van der Waals surface area (Å²) < 4.78 is 0. The Labute approximate surface area is 113 Å². The molecule has 0 radical (unpaired) electrons. The van der Waals surface area contributed by atoms with Gasteiger partial charge in [0, 0.05) is 13.2 Å². The predicted octanol–water partition coefficient (Wildman–Crippen LogP) is 2.14. The monoisotopic (exact) mass is 265 g/mol. The number of hydrogen-bond acceptors (Lipinski definition) is 3. The smallest absolute Gasteiger partial charge is 0.239 e. The number of amides is 1. The van der Waals surface area contributed by atoms with Crippen molar-refractivity contribution in [2.75, 3.05) is 11.9 Å². The second kappa shape index (κ2) is 5.91. The van der Waals surface area contributed by atoms with Crippen molar-refractivity contribution in [1.82, 2.24) is 4.98 Å². The van der Waals surface area contributed by atoms with E-state index in [-0.39, 0.29) is 10.9 Å². The van der Waals surface area contributed by atoms with E-state index in [4.69, 9.17) is 18.0 Å². The van der Waals surface area contributed by atoms with Gasteiger partial charge in [-0.2, -0.15) is 0 Å². The number of aromatic nitrogens is 1. The van der Waals surface area contributed by atoms with Gasteiger partial charge in [-0.25, -0.2) is 0 Å². The molecule has 18 heavy (non-hydrogen) atoms. The van der Waals surface area contributed by atoms with E-state index in [1.54, 1.807) is 30.4 Å². The van der Waals surface area contributed by atoms with Crippen LogP contribution in [0.25, 0.3) is 0 Å². The molecule has 0 spiro atoms. The van der Waals surface area contributed by atoms with Crippen molar-refractivity contribution in [2.45, 2.75) is 26.7 Å². The molecule has 1 amide bonds. The van der Waals surface area contributed by atoms with E-state index in [0.29, 0.717) is 12.8 Å². The van der Waals surface area contributed by atoms with Crippen LogP contribution in [0.2, 0.25) is 0 Å². The normalized spacial score (nSPS) is 11.1. The van der Waals surface area contributed by atoms with Gasteiger partial charge in [0.1, 0.15) is 0 Å². The number of carbonyl (C=O) groups excluding carboxylic acids is 1. The van der Waals surface area contributed by atoms with E-state index in [0.717, 1.165) is 5.69 Å². The number of rotatable bonds is 5. The van der Waals surface area contributed by atoms with Crippen LogP contribution in [-0.2, 0) is 4.79 Å². The number of nitrogens with zero attached hydrogens (tertiary/aromatic N) is 2. The van der Waals surface area contributed by atoms with Crippen molar-refractivity contribution >= 4 is 28.8 Å². The van der Waals surface area contributed by atoms with Crippen LogP contribution in [0.5, 0.6) is 0 Å². The van der Waals surface area contributed by atoms with Gasteiger partial charge < -0.3 is 10.6 Å². The summed E-state index contributed by atoms with van der Waals surface area (Å²) in [6, 6.07) is 3.62. The third-order valence-corrected chi connectivity index (χ3v) is 3.82. The lowest BCUT2D eigenvalue weighted by Gasteiger charge is -2.33. The van der Waals surface area contributed by atoms with Crippen molar-refractivity contribution in [3.05, 3.63) is 24.5 Å². The van der Waals surface area contributed by atoms with Gasteiger partial charge >= 0.3 is 0 Å². The minimum atomic E-state index is -0.764. The van der Waals surface area contributed by atoms with Crippen LogP contribution in [0.1, 0.15) is 26.7 Å². The van der Waals surface area contributed by atoms with Crippen molar-refractivity contribution in [2.24, 2.45) is 11.1 Å². The van der Waals surface area contributed by atoms with Crippen LogP contribution in [0.3, 0.4) is 0 Å². The van der Waals surface area contributed by atoms with Crippen LogP contribution >= 0.6 is 12.2 Å². The first-order valence-electron chi connectivity index (χ1n) is 5.97. The molecule has 0 aliphatic heterocycles. The predicted molar refractivity (Wildman–Crippen MR) is 77.4 cm³/mol. The molecule has 0 unspecified atom stereocenters. The first-order valence-corrected chi connectivity index (χ1v) is 6.38. The molecule has 0 fully saturated rings. The lowest BCUT2D eigenvalue weighted by atomic mass is 9.80. The number of hydrogen-bond donors (Lipinski definition) is 1. The fourth-order valence-corrected chi connectivity index (χ4v) is 2.37. The lowest BCUT2D eigenvalue weighted by molar-refractivity contribution is -0.124. The van der Waals surface area contributed by atoms with E-state index < -0.39 is 5.41 Å². The maximum absolute atomic E-state index is 12.6. The largest absolute Gasteiger partial charge is 0.392 e. The number of nitrogens with two attached hydrogens (primary N) is 1. The van der Waals surface area contributed by atoms with E-state index in [2.05, 4.69) is 4.98 Å². The number of anilines is 1. The van der Waals surface area contributed by atoms with E-state index in [9.17, 15) is 4.79 Å². The highest BCUT2D eigenvalue weighted by atomic mass is 32.1. The zero-order valence-electron chi connectivity index (χ0n) is 11.0. The standard InChI is InChI=1S/C13H19N3OS/c1-4-13(5-2,11(14)18)12(17)16(3)10-7-6-8-15-9-10/h6-9H,4-5H2,1-3H3,(H2,14,18). The van der Waals surface area contributed by atoms with Gasteiger partial charge in [0.05, 0.1) is 22.3 Å². The zero-order valence-corrected chi connectivity index (χ0v) is 11.8. The molecular formula is C13H19N3OS. The fourth-order valence-electron chi connectivity index (χ4n) is 2.00. The van der Waals surface area contributed by atoms with E-state index >= 15 is 0 Å². The quantitative estimate of drug-likeness (QED) is 0.829. The minimum Gasteiger partial charge on any atom is -0.392 e. The Balaban J connectivity index is 3.09. The number of pyridine rings is 1. The molecule has 5 heteroatoms. The molecule has 0 aromatic carbocycles. The fraction of sp³-hybridized carbons (Fsp3) is 0.462. The van der Waals surface area contributed by atoms with Crippen LogP contribution < -0.4 is 10.6 Å². The van der Waals surface area contributed by atoms with Crippen molar-refractivity contribution in [3.63, 3.8) is 0 Å². The summed E-state index contributed by atoms with van der Waals surface area (Å²) in [6.07, 6.45) is 4.51. The summed E-state index contributed by atoms with van der Waals surface area (Å²) >= 11 is 5.09. The number of thiocarbonyl (C=S) groups is 1. The maximum Gasteiger partial charge on any atom is 0.239 e. The first kappa shape index (κ1) is 14.6. The Morgan fingerprint density at radius 1 is 1.50 bits per heavy atom. The highest BCUT2D eigenvalue weighted by molar-refractivity contribution is 7.80. The van der Waals surface area contributed by atoms with Gasteiger partial charge in [0.25, 0.3) is 0 Å². The SMILES string of the molecule is CCC(CC)(C(=O)N(C)c1cccnc1)C(N)=S. The molecule has 4 nitrogen and oxygen atoms in total.